The number of aliphatic hydroxyl groups is 3. The molecule has 2 aliphatic rings. The van der Waals surface area contributed by atoms with Gasteiger partial charge in [0.05, 0.1) is 24.2 Å². The van der Waals surface area contributed by atoms with Crippen LogP contribution in [0.2, 0.25) is 0 Å². The van der Waals surface area contributed by atoms with Crippen molar-refractivity contribution in [2.45, 2.75) is 104 Å². The predicted molar refractivity (Wildman–Crippen MR) is 121 cm³/mol. The van der Waals surface area contributed by atoms with Crippen LogP contribution < -0.4 is 0 Å². The summed E-state index contributed by atoms with van der Waals surface area (Å²) in [5.41, 5.74) is -1.63. The van der Waals surface area contributed by atoms with Gasteiger partial charge in [0.15, 0.2) is 6.29 Å². The Morgan fingerprint density at radius 3 is 2.31 bits per heavy atom. The van der Waals surface area contributed by atoms with Crippen molar-refractivity contribution in [2.75, 3.05) is 20.2 Å². The Labute approximate surface area is 193 Å². The number of carbonyl (C=O) groups is 1. The van der Waals surface area contributed by atoms with Crippen molar-refractivity contribution in [3.63, 3.8) is 0 Å². The zero-order valence-corrected chi connectivity index (χ0v) is 20.9. The van der Waals surface area contributed by atoms with Gasteiger partial charge in [0.25, 0.3) is 0 Å². The van der Waals surface area contributed by atoms with Crippen LogP contribution in [0.4, 0.5) is 0 Å². The Morgan fingerprint density at radius 2 is 1.69 bits per heavy atom. The molecule has 0 bridgehead atoms. The zero-order valence-electron chi connectivity index (χ0n) is 20.9. The van der Waals surface area contributed by atoms with E-state index in [1.807, 2.05) is 20.8 Å². The number of ether oxygens (including phenoxy) is 3. The SMILES string of the molecule is CC1CC(C)O[C@@H](O[C@@H]2C(C)C(=O)OCC(C)(O)C(O)N(C)C[C@H](C)CC(O)C[C@H]2C)C1. The largest absolute Gasteiger partial charge is 0.462 e. The first-order valence-electron chi connectivity index (χ1n) is 12.1. The summed E-state index contributed by atoms with van der Waals surface area (Å²) in [7, 11) is 1.71. The summed E-state index contributed by atoms with van der Waals surface area (Å²) in [4.78, 5) is 14.5. The van der Waals surface area contributed by atoms with Gasteiger partial charge in [-0.25, -0.2) is 0 Å². The minimum atomic E-state index is -1.63. The van der Waals surface area contributed by atoms with Crippen molar-refractivity contribution in [3.05, 3.63) is 0 Å². The Morgan fingerprint density at radius 1 is 1.03 bits per heavy atom. The maximum absolute atomic E-state index is 12.9. The third-order valence-corrected chi connectivity index (χ3v) is 6.85. The van der Waals surface area contributed by atoms with Crippen LogP contribution in [0.25, 0.3) is 0 Å². The Kier molecular flexibility index (Phi) is 9.94. The fourth-order valence-electron chi connectivity index (χ4n) is 5.19. The van der Waals surface area contributed by atoms with Crippen LogP contribution in [0.1, 0.15) is 67.2 Å². The third-order valence-electron chi connectivity index (χ3n) is 6.85. The average Bonchev–Trinajstić information content (AvgIpc) is 2.67. The molecule has 0 aromatic heterocycles. The quantitative estimate of drug-likeness (QED) is 0.539. The highest BCUT2D eigenvalue weighted by Gasteiger charge is 2.40. The van der Waals surface area contributed by atoms with E-state index in [9.17, 15) is 20.1 Å². The van der Waals surface area contributed by atoms with E-state index in [0.717, 1.165) is 12.8 Å². The van der Waals surface area contributed by atoms with Gasteiger partial charge in [-0.2, -0.15) is 0 Å². The molecule has 10 atom stereocenters. The van der Waals surface area contributed by atoms with Crippen LogP contribution in [0.15, 0.2) is 0 Å². The van der Waals surface area contributed by atoms with Crippen molar-refractivity contribution in [3.8, 4) is 0 Å². The molecule has 8 nitrogen and oxygen atoms in total. The number of aliphatic hydroxyl groups excluding tert-OH is 2. The van der Waals surface area contributed by atoms with Crippen LogP contribution in [-0.2, 0) is 19.0 Å². The van der Waals surface area contributed by atoms with Gasteiger partial charge in [-0.15, -0.1) is 0 Å². The van der Waals surface area contributed by atoms with Crippen LogP contribution >= 0.6 is 0 Å². The van der Waals surface area contributed by atoms with Crippen molar-refractivity contribution in [2.24, 2.45) is 23.7 Å². The molecule has 0 amide bonds. The highest BCUT2D eigenvalue weighted by Crippen LogP contribution is 2.31. The molecule has 2 saturated heterocycles. The van der Waals surface area contributed by atoms with Crippen LogP contribution in [0.3, 0.4) is 0 Å². The summed E-state index contributed by atoms with van der Waals surface area (Å²) in [6.07, 6.45) is 0.131. The lowest BCUT2D eigenvalue weighted by Crippen LogP contribution is -2.54. The number of carbonyl (C=O) groups excluding carboxylic acids is 1. The van der Waals surface area contributed by atoms with Gasteiger partial charge >= 0.3 is 5.97 Å². The number of cyclic esters (lactones) is 1. The molecular formula is C24H45NO7. The second-order valence-electron chi connectivity index (χ2n) is 10.8. The summed E-state index contributed by atoms with van der Waals surface area (Å²) in [5, 5.41) is 32.1. The first-order valence-corrected chi connectivity index (χ1v) is 12.1. The Hall–Kier alpha value is -0.770. The fourth-order valence-corrected chi connectivity index (χ4v) is 5.19. The number of likely N-dealkylation sites (N-methyl/N-ethyl adjacent to an activating group) is 1. The van der Waals surface area contributed by atoms with Crippen molar-refractivity contribution in [1.29, 1.82) is 0 Å². The van der Waals surface area contributed by atoms with Crippen molar-refractivity contribution in [1.82, 2.24) is 4.90 Å². The van der Waals surface area contributed by atoms with Gasteiger partial charge in [0.2, 0.25) is 0 Å². The first-order chi connectivity index (χ1) is 14.8. The zero-order chi connectivity index (χ0) is 24.2. The lowest BCUT2D eigenvalue weighted by molar-refractivity contribution is -0.239. The van der Waals surface area contributed by atoms with E-state index in [4.69, 9.17) is 14.2 Å². The second-order valence-corrected chi connectivity index (χ2v) is 10.8. The van der Waals surface area contributed by atoms with Gasteiger partial charge in [-0.05, 0) is 64.8 Å². The first kappa shape index (κ1) is 27.5. The number of hydrogen-bond acceptors (Lipinski definition) is 8. The number of rotatable bonds is 2. The molecular weight excluding hydrogens is 414 g/mol. The molecule has 32 heavy (non-hydrogen) atoms. The summed E-state index contributed by atoms with van der Waals surface area (Å²) in [6.45, 7) is 11.5. The highest BCUT2D eigenvalue weighted by atomic mass is 16.7. The molecule has 0 aromatic carbocycles. The van der Waals surface area contributed by atoms with Gasteiger partial charge in [-0.1, -0.05) is 20.8 Å². The third kappa shape index (κ3) is 7.64. The molecule has 6 unspecified atom stereocenters. The lowest BCUT2D eigenvalue weighted by Gasteiger charge is -2.39. The summed E-state index contributed by atoms with van der Waals surface area (Å²) in [6, 6.07) is 0. The van der Waals surface area contributed by atoms with Crippen molar-refractivity contribution >= 4 is 5.97 Å². The minimum absolute atomic E-state index is 0.0832. The summed E-state index contributed by atoms with van der Waals surface area (Å²) in [5.74, 6) is -0.686. The molecule has 2 rings (SSSR count). The van der Waals surface area contributed by atoms with Gasteiger partial charge in [0.1, 0.15) is 18.4 Å². The van der Waals surface area contributed by atoms with E-state index in [0.29, 0.717) is 25.3 Å². The second kappa shape index (κ2) is 11.6. The topological polar surface area (TPSA) is 109 Å². The minimum Gasteiger partial charge on any atom is -0.462 e. The molecule has 0 aromatic rings. The van der Waals surface area contributed by atoms with Gasteiger partial charge < -0.3 is 29.5 Å². The molecule has 2 fully saturated rings. The summed E-state index contributed by atoms with van der Waals surface area (Å²) < 4.78 is 17.8. The molecule has 0 saturated carbocycles. The number of esters is 1. The maximum atomic E-state index is 12.9. The normalized spacial score (nSPS) is 46.3. The van der Waals surface area contributed by atoms with Crippen LogP contribution in [0.5, 0.6) is 0 Å². The number of hydrogen-bond donors (Lipinski definition) is 3. The highest BCUT2D eigenvalue weighted by molar-refractivity contribution is 5.72. The van der Waals surface area contributed by atoms with E-state index < -0.39 is 42.2 Å². The smallest absolute Gasteiger partial charge is 0.311 e. The van der Waals surface area contributed by atoms with Gasteiger partial charge in [0, 0.05) is 13.0 Å². The Bertz CT molecular complexity index is 591. The van der Waals surface area contributed by atoms with E-state index >= 15 is 0 Å². The molecule has 188 valence electrons. The van der Waals surface area contributed by atoms with Gasteiger partial charge in [-0.3, -0.25) is 9.69 Å². The standard InChI is InChI=1S/C24H45NO7/c1-14-8-17(4)31-20(10-14)32-21-16(3)11-19(26)9-15(2)12-25(7)23(28)24(6,29)13-30-22(27)18(21)5/h14-21,23,26,28-29H,8-13H2,1-7H3/t14?,15-,16-,17?,18?,19?,20+,21+,23?,24?/m1/s1. The van der Waals surface area contributed by atoms with E-state index in [1.165, 1.54) is 6.92 Å². The molecule has 3 N–H and O–H groups in total. The van der Waals surface area contributed by atoms with E-state index in [2.05, 4.69) is 6.92 Å². The van der Waals surface area contributed by atoms with Crippen LogP contribution in [0, 0.1) is 23.7 Å². The number of nitrogens with zero attached hydrogens (tertiary/aromatic N) is 1. The lowest BCUT2D eigenvalue weighted by atomic mass is 9.86. The molecule has 0 spiro atoms. The summed E-state index contributed by atoms with van der Waals surface area (Å²) >= 11 is 0. The fraction of sp³-hybridized carbons (Fsp3) is 0.958. The van der Waals surface area contributed by atoms with E-state index in [1.54, 1.807) is 18.9 Å². The molecule has 8 heteroatoms. The molecule has 0 radical (unpaired) electrons. The maximum Gasteiger partial charge on any atom is 0.311 e. The predicted octanol–water partition coefficient (Wildman–Crippen LogP) is 2.14. The van der Waals surface area contributed by atoms with Crippen molar-refractivity contribution < 1.29 is 34.3 Å². The van der Waals surface area contributed by atoms with Crippen LogP contribution in [-0.4, -0.2) is 82.8 Å². The Balaban J connectivity index is 2.23. The molecule has 0 aliphatic carbocycles. The molecule has 2 heterocycles. The average molecular weight is 460 g/mol. The van der Waals surface area contributed by atoms with E-state index in [-0.39, 0.29) is 24.5 Å². The molecule has 2 aliphatic heterocycles. The monoisotopic (exact) mass is 459 g/mol.